The summed E-state index contributed by atoms with van der Waals surface area (Å²) in [7, 11) is 0. The molecule has 4 N–H and O–H groups in total. The summed E-state index contributed by atoms with van der Waals surface area (Å²) >= 11 is 0. The maximum Gasteiger partial charge on any atom is 0.408 e. The van der Waals surface area contributed by atoms with E-state index in [1.54, 1.807) is 34.6 Å². The van der Waals surface area contributed by atoms with Crippen molar-refractivity contribution in [2.75, 3.05) is 6.61 Å². The molecule has 0 saturated carbocycles. The molecule has 1 aliphatic heterocycles. The molecule has 248 valence electrons. The number of hydrogen-bond acceptors (Lipinski definition) is 9. The molecule has 6 atom stereocenters. The van der Waals surface area contributed by atoms with Crippen LogP contribution in [-0.4, -0.2) is 76.6 Å². The molecule has 45 heavy (non-hydrogen) atoms. The highest BCUT2D eigenvalue weighted by molar-refractivity contribution is 5.81. The Morgan fingerprint density at radius 3 is 2.16 bits per heavy atom. The van der Waals surface area contributed by atoms with E-state index in [1.165, 1.54) is 0 Å². The third-order valence-electron chi connectivity index (χ3n) is 7.25. The van der Waals surface area contributed by atoms with Crippen LogP contribution in [-0.2, 0) is 41.6 Å². The SMILES string of the molecule is CCCC(=O)N[C@@H]1[C@@H](OCc2ccccc2)[C@H](O)[C@@H](COC(=O)[C@@H](NC(=O)OC(C)(C)C)C(C)C)OC1(O)Cc1ccccc1. The first kappa shape index (κ1) is 36.0. The normalized spacial score (nSPS) is 24.0. The Balaban J connectivity index is 1.88. The first-order valence-electron chi connectivity index (χ1n) is 15.5. The largest absolute Gasteiger partial charge is 0.461 e. The Labute approximate surface area is 265 Å². The molecule has 11 heteroatoms. The second-order valence-corrected chi connectivity index (χ2v) is 12.7. The number of rotatable bonds is 13. The lowest BCUT2D eigenvalue weighted by Gasteiger charge is -2.49. The molecule has 0 bridgehead atoms. The van der Waals surface area contributed by atoms with Crippen molar-refractivity contribution in [2.45, 2.75) is 109 Å². The Bertz CT molecular complexity index is 1240. The van der Waals surface area contributed by atoms with Gasteiger partial charge in [-0.05, 0) is 44.2 Å². The predicted molar refractivity (Wildman–Crippen MR) is 167 cm³/mol. The number of hydrogen-bond donors (Lipinski definition) is 4. The van der Waals surface area contributed by atoms with Gasteiger partial charge in [-0.1, -0.05) is 81.4 Å². The number of amides is 2. The average molecular weight is 629 g/mol. The second kappa shape index (κ2) is 16.2. The van der Waals surface area contributed by atoms with E-state index in [1.807, 2.05) is 67.6 Å². The summed E-state index contributed by atoms with van der Waals surface area (Å²) in [5.41, 5.74) is 0.763. The van der Waals surface area contributed by atoms with Crippen molar-refractivity contribution in [2.24, 2.45) is 5.92 Å². The molecule has 0 radical (unpaired) electrons. The smallest absolute Gasteiger partial charge is 0.408 e. The monoisotopic (exact) mass is 628 g/mol. The zero-order valence-electron chi connectivity index (χ0n) is 27.0. The summed E-state index contributed by atoms with van der Waals surface area (Å²) in [6.45, 7) is 10.1. The number of aliphatic hydroxyl groups is 2. The van der Waals surface area contributed by atoms with E-state index in [2.05, 4.69) is 10.6 Å². The second-order valence-electron chi connectivity index (χ2n) is 12.7. The highest BCUT2D eigenvalue weighted by atomic mass is 16.7. The zero-order chi connectivity index (χ0) is 33.2. The summed E-state index contributed by atoms with van der Waals surface area (Å²) in [6, 6.07) is 16.1. The van der Waals surface area contributed by atoms with Crippen LogP contribution in [0.1, 0.15) is 65.5 Å². The molecule has 0 aromatic heterocycles. The third kappa shape index (κ3) is 10.8. The fraction of sp³-hybridized carbons (Fsp3) is 0.559. The molecule has 0 spiro atoms. The van der Waals surface area contributed by atoms with Gasteiger partial charge >= 0.3 is 12.1 Å². The molecule has 3 rings (SSSR count). The van der Waals surface area contributed by atoms with Crippen LogP contribution in [0.5, 0.6) is 0 Å². The summed E-state index contributed by atoms with van der Waals surface area (Å²) in [4.78, 5) is 38.4. The van der Waals surface area contributed by atoms with Gasteiger partial charge in [0.25, 0.3) is 0 Å². The van der Waals surface area contributed by atoms with E-state index in [4.69, 9.17) is 18.9 Å². The first-order valence-corrected chi connectivity index (χ1v) is 15.5. The molecule has 2 amide bonds. The van der Waals surface area contributed by atoms with Crippen LogP contribution in [0.15, 0.2) is 60.7 Å². The molecular weight excluding hydrogens is 580 g/mol. The van der Waals surface area contributed by atoms with Gasteiger partial charge in [0.1, 0.15) is 42.6 Å². The number of nitrogens with one attached hydrogen (secondary N) is 2. The Morgan fingerprint density at radius 2 is 1.60 bits per heavy atom. The molecule has 0 aliphatic carbocycles. The van der Waals surface area contributed by atoms with Gasteiger partial charge in [0.15, 0.2) is 5.79 Å². The van der Waals surface area contributed by atoms with Crippen molar-refractivity contribution in [3.8, 4) is 0 Å². The first-order chi connectivity index (χ1) is 21.2. The topological polar surface area (TPSA) is 153 Å². The van der Waals surface area contributed by atoms with Crippen LogP contribution in [0.3, 0.4) is 0 Å². The number of aliphatic hydroxyl groups excluding tert-OH is 1. The van der Waals surface area contributed by atoms with Gasteiger partial charge in [-0.3, -0.25) is 4.79 Å². The van der Waals surface area contributed by atoms with Gasteiger partial charge in [0.05, 0.1) is 6.61 Å². The minimum Gasteiger partial charge on any atom is -0.461 e. The standard InChI is InChI=1S/C34H48N2O9/c1-7-14-26(37)35-30-29(42-20-24-17-12-9-13-18-24)28(38)25(44-34(30,41)19-23-15-10-8-11-16-23)21-43-31(39)27(22(2)3)36-32(40)45-33(4,5)6/h8-13,15-18,22,25,27-30,38,41H,7,14,19-21H2,1-6H3,(H,35,37)(H,36,40)/t25-,27+,28-,29+,30-,34?/m1/s1. The highest BCUT2D eigenvalue weighted by Crippen LogP contribution is 2.34. The molecule has 11 nitrogen and oxygen atoms in total. The van der Waals surface area contributed by atoms with Crippen molar-refractivity contribution >= 4 is 18.0 Å². The van der Waals surface area contributed by atoms with Gasteiger partial charge in [0.2, 0.25) is 5.91 Å². The van der Waals surface area contributed by atoms with Crippen LogP contribution in [0, 0.1) is 5.92 Å². The highest BCUT2D eigenvalue weighted by Gasteiger charge is 2.55. The van der Waals surface area contributed by atoms with Crippen LogP contribution in [0.25, 0.3) is 0 Å². The fourth-order valence-corrected chi connectivity index (χ4v) is 5.06. The number of alkyl carbamates (subject to hydrolysis) is 1. The lowest BCUT2D eigenvalue weighted by atomic mass is 9.86. The molecule has 1 unspecified atom stereocenters. The maximum absolute atomic E-state index is 13.2. The lowest BCUT2D eigenvalue weighted by Crippen LogP contribution is -2.71. The van der Waals surface area contributed by atoms with Gasteiger partial charge in [0, 0.05) is 12.8 Å². The number of ether oxygens (including phenoxy) is 4. The van der Waals surface area contributed by atoms with Crippen molar-refractivity contribution < 1.29 is 43.5 Å². The molecule has 1 saturated heterocycles. The fourth-order valence-electron chi connectivity index (χ4n) is 5.06. The van der Waals surface area contributed by atoms with Crippen molar-refractivity contribution in [1.82, 2.24) is 10.6 Å². The van der Waals surface area contributed by atoms with E-state index in [9.17, 15) is 24.6 Å². The summed E-state index contributed by atoms with van der Waals surface area (Å²) < 4.78 is 23.2. The molecular formula is C34H48N2O9. The summed E-state index contributed by atoms with van der Waals surface area (Å²) in [5, 5.41) is 29.0. The molecule has 2 aromatic carbocycles. The molecule has 1 heterocycles. The van der Waals surface area contributed by atoms with Crippen LogP contribution >= 0.6 is 0 Å². The van der Waals surface area contributed by atoms with E-state index < -0.39 is 60.5 Å². The van der Waals surface area contributed by atoms with E-state index in [0.717, 1.165) is 5.56 Å². The van der Waals surface area contributed by atoms with Crippen LogP contribution in [0.2, 0.25) is 0 Å². The summed E-state index contributed by atoms with van der Waals surface area (Å²) in [5.74, 6) is -3.50. The van der Waals surface area contributed by atoms with Gasteiger partial charge in [-0.15, -0.1) is 0 Å². The van der Waals surface area contributed by atoms with Crippen molar-refractivity contribution in [3.05, 3.63) is 71.8 Å². The van der Waals surface area contributed by atoms with Crippen LogP contribution < -0.4 is 10.6 Å². The van der Waals surface area contributed by atoms with E-state index in [-0.39, 0.29) is 31.3 Å². The quantitative estimate of drug-likeness (QED) is 0.244. The third-order valence-corrected chi connectivity index (χ3v) is 7.25. The number of benzene rings is 2. The van der Waals surface area contributed by atoms with Crippen molar-refractivity contribution in [3.63, 3.8) is 0 Å². The number of esters is 1. The minimum atomic E-state index is -2.05. The van der Waals surface area contributed by atoms with Crippen LogP contribution in [0.4, 0.5) is 4.79 Å². The van der Waals surface area contributed by atoms with Gasteiger partial charge < -0.3 is 39.8 Å². The lowest BCUT2D eigenvalue weighted by molar-refractivity contribution is -0.324. The predicted octanol–water partition coefficient (Wildman–Crippen LogP) is 3.64. The minimum absolute atomic E-state index is 0.0535. The zero-order valence-corrected chi connectivity index (χ0v) is 27.0. The van der Waals surface area contributed by atoms with Gasteiger partial charge in [-0.2, -0.15) is 0 Å². The molecule has 2 aromatic rings. The Kier molecular flexibility index (Phi) is 12.9. The van der Waals surface area contributed by atoms with Crippen molar-refractivity contribution in [1.29, 1.82) is 0 Å². The van der Waals surface area contributed by atoms with E-state index in [0.29, 0.717) is 12.0 Å². The van der Waals surface area contributed by atoms with E-state index >= 15 is 0 Å². The Morgan fingerprint density at radius 1 is 1.00 bits per heavy atom. The summed E-state index contributed by atoms with van der Waals surface area (Å²) in [6.07, 6.45) is -3.86. The molecule has 1 fully saturated rings. The number of carbonyl (C=O) groups is 3. The number of carbonyl (C=O) groups excluding carboxylic acids is 3. The average Bonchev–Trinajstić information content (AvgIpc) is 2.97. The molecule has 1 aliphatic rings. The van der Waals surface area contributed by atoms with Gasteiger partial charge in [-0.25, -0.2) is 9.59 Å². The Hall–Kier alpha value is -3.51. The maximum atomic E-state index is 13.2.